The van der Waals surface area contributed by atoms with Crippen molar-refractivity contribution in [1.29, 1.82) is 0 Å². The second-order valence-electron chi connectivity index (χ2n) is 12.4. The highest BCUT2D eigenvalue weighted by molar-refractivity contribution is 5.98. The maximum Gasteiger partial charge on any atom is 0.252 e. The maximum atomic E-state index is 13.8. The van der Waals surface area contributed by atoms with Gasteiger partial charge in [-0.05, 0) is 84.6 Å². The Morgan fingerprint density at radius 3 is 2.13 bits per heavy atom. The lowest BCUT2D eigenvalue weighted by atomic mass is 9.86. The minimum absolute atomic E-state index is 0.0252. The van der Waals surface area contributed by atoms with Crippen molar-refractivity contribution in [2.45, 2.75) is 98.7 Å². The first-order valence-electron chi connectivity index (χ1n) is 14.0. The van der Waals surface area contributed by atoms with E-state index in [4.69, 9.17) is 0 Å². The van der Waals surface area contributed by atoms with Crippen LogP contribution >= 0.6 is 0 Å². The van der Waals surface area contributed by atoms with E-state index in [2.05, 4.69) is 55.3 Å². The number of amides is 3. The number of hydrogen-bond acceptors (Lipinski definition) is 4. The van der Waals surface area contributed by atoms with Gasteiger partial charge in [0.05, 0.1) is 12.5 Å². The summed E-state index contributed by atoms with van der Waals surface area (Å²) in [6, 6.07) is 8.37. The average molecular weight is 527 g/mol. The Balaban J connectivity index is 2.35. The number of hydrogen-bond donors (Lipinski definition) is 1. The van der Waals surface area contributed by atoms with Crippen LogP contribution < -0.4 is 5.32 Å². The molecule has 212 valence electrons. The van der Waals surface area contributed by atoms with Gasteiger partial charge in [-0.3, -0.25) is 14.4 Å². The van der Waals surface area contributed by atoms with Crippen molar-refractivity contribution in [3.8, 4) is 0 Å². The molecule has 1 aromatic rings. The molecule has 1 aliphatic heterocycles. The molecule has 1 heterocycles. The SMILES string of the molecule is CC1=C(C(=O)N(C(C)C)C(C)C)CC(CC(=O)NCCCN(C)C)C(=O)N1Cc1ccc(C(C)(C)C)cc1. The van der Waals surface area contributed by atoms with Gasteiger partial charge >= 0.3 is 0 Å². The number of allylic oxidation sites excluding steroid dienone is 1. The standard InChI is InChI=1S/C31H50N4O3/c1-21(2)35(22(3)4)30(38)27-18-25(19-28(36)32-16-11-17-33(9)10)29(37)34(23(27)5)20-24-12-14-26(15-13-24)31(6,7)8/h12-15,21-22,25H,11,16-20H2,1-10H3,(H,32,36). The van der Waals surface area contributed by atoms with Gasteiger partial charge in [-0.1, -0.05) is 45.0 Å². The van der Waals surface area contributed by atoms with Gasteiger partial charge in [0, 0.05) is 36.3 Å². The first-order chi connectivity index (χ1) is 17.6. The monoisotopic (exact) mass is 526 g/mol. The molecule has 0 aromatic heterocycles. The molecular formula is C31H50N4O3. The normalized spacial score (nSPS) is 16.6. The number of nitrogens with zero attached hydrogens (tertiary/aromatic N) is 3. The third kappa shape index (κ3) is 8.42. The molecule has 1 atom stereocenters. The Morgan fingerprint density at radius 1 is 1.05 bits per heavy atom. The molecule has 0 bridgehead atoms. The van der Waals surface area contributed by atoms with Crippen molar-refractivity contribution in [2.24, 2.45) is 5.92 Å². The van der Waals surface area contributed by atoms with E-state index in [0.717, 1.165) is 18.5 Å². The molecule has 2 rings (SSSR count). The fourth-order valence-electron chi connectivity index (χ4n) is 5.06. The maximum absolute atomic E-state index is 13.8. The molecule has 38 heavy (non-hydrogen) atoms. The van der Waals surface area contributed by atoms with E-state index >= 15 is 0 Å². The summed E-state index contributed by atoms with van der Waals surface area (Å²) < 4.78 is 0. The fraction of sp³-hybridized carbons (Fsp3) is 0.645. The van der Waals surface area contributed by atoms with Crippen LogP contribution in [0.4, 0.5) is 0 Å². The van der Waals surface area contributed by atoms with Gasteiger partial charge in [0.15, 0.2) is 0 Å². The largest absolute Gasteiger partial charge is 0.356 e. The molecule has 1 unspecified atom stereocenters. The molecule has 3 amide bonds. The summed E-state index contributed by atoms with van der Waals surface area (Å²) in [5.74, 6) is -0.860. The van der Waals surface area contributed by atoms with E-state index in [1.807, 2.05) is 53.6 Å². The molecule has 1 N–H and O–H groups in total. The highest BCUT2D eigenvalue weighted by Gasteiger charge is 2.38. The minimum Gasteiger partial charge on any atom is -0.356 e. The summed E-state index contributed by atoms with van der Waals surface area (Å²) in [5, 5.41) is 2.96. The number of carbonyl (C=O) groups excluding carboxylic acids is 3. The van der Waals surface area contributed by atoms with Gasteiger partial charge < -0.3 is 20.0 Å². The number of benzene rings is 1. The van der Waals surface area contributed by atoms with E-state index in [0.29, 0.717) is 24.4 Å². The molecule has 0 aliphatic carbocycles. The zero-order valence-corrected chi connectivity index (χ0v) is 25.4. The van der Waals surface area contributed by atoms with Gasteiger partial charge in [-0.15, -0.1) is 0 Å². The van der Waals surface area contributed by atoms with Crippen LogP contribution in [0.3, 0.4) is 0 Å². The van der Waals surface area contributed by atoms with Crippen LogP contribution in [-0.2, 0) is 26.3 Å². The van der Waals surface area contributed by atoms with Crippen molar-refractivity contribution < 1.29 is 14.4 Å². The highest BCUT2D eigenvalue weighted by Crippen LogP contribution is 2.33. The third-order valence-corrected chi connectivity index (χ3v) is 7.21. The van der Waals surface area contributed by atoms with Crippen molar-refractivity contribution in [3.63, 3.8) is 0 Å². The van der Waals surface area contributed by atoms with E-state index in [1.165, 1.54) is 5.56 Å². The van der Waals surface area contributed by atoms with Crippen LogP contribution in [-0.4, -0.2) is 71.7 Å². The lowest BCUT2D eigenvalue weighted by Crippen LogP contribution is -2.47. The summed E-state index contributed by atoms with van der Waals surface area (Å²) in [7, 11) is 4.00. The molecule has 0 saturated carbocycles. The van der Waals surface area contributed by atoms with Crippen molar-refractivity contribution in [1.82, 2.24) is 20.0 Å². The lowest BCUT2D eigenvalue weighted by Gasteiger charge is -2.38. The summed E-state index contributed by atoms with van der Waals surface area (Å²) in [4.78, 5) is 45.9. The summed E-state index contributed by atoms with van der Waals surface area (Å²) in [5.41, 5.74) is 3.58. The molecule has 7 heteroatoms. The van der Waals surface area contributed by atoms with E-state index < -0.39 is 5.92 Å². The Bertz CT molecular complexity index is 995. The Labute approximate surface area is 230 Å². The molecule has 0 fully saturated rings. The smallest absolute Gasteiger partial charge is 0.252 e. The molecular weight excluding hydrogens is 476 g/mol. The number of rotatable bonds is 11. The topological polar surface area (TPSA) is 73.0 Å². The van der Waals surface area contributed by atoms with Crippen molar-refractivity contribution in [2.75, 3.05) is 27.2 Å². The second kappa shape index (κ2) is 13.4. The molecule has 0 radical (unpaired) electrons. The first-order valence-corrected chi connectivity index (χ1v) is 14.0. The van der Waals surface area contributed by atoms with E-state index in [-0.39, 0.29) is 48.1 Å². The van der Waals surface area contributed by atoms with Crippen LogP contribution in [0.25, 0.3) is 0 Å². The van der Waals surface area contributed by atoms with Gasteiger partial charge in [-0.2, -0.15) is 0 Å². The number of carbonyl (C=O) groups is 3. The van der Waals surface area contributed by atoms with Crippen molar-refractivity contribution in [3.05, 3.63) is 46.7 Å². The zero-order valence-electron chi connectivity index (χ0n) is 25.4. The first kappa shape index (κ1) is 31.5. The third-order valence-electron chi connectivity index (χ3n) is 7.21. The van der Waals surface area contributed by atoms with Gasteiger partial charge in [-0.25, -0.2) is 0 Å². The van der Waals surface area contributed by atoms with Crippen LogP contribution in [0.15, 0.2) is 35.5 Å². The molecule has 1 aromatic carbocycles. The summed E-state index contributed by atoms with van der Waals surface area (Å²) in [6.07, 6.45) is 1.20. The zero-order chi connectivity index (χ0) is 28.8. The van der Waals surface area contributed by atoms with Gasteiger partial charge in [0.2, 0.25) is 11.8 Å². The van der Waals surface area contributed by atoms with E-state index in [1.54, 1.807) is 4.90 Å². The van der Waals surface area contributed by atoms with Gasteiger partial charge in [0.1, 0.15) is 0 Å². The van der Waals surface area contributed by atoms with Crippen LogP contribution in [0, 0.1) is 5.92 Å². The Hall–Kier alpha value is -2.67. The molecule has 0 saturated heterocycles. The fourth-order valence-corrected chi connectivity index (χ4v) is 5.06. The summed E-state index contributed by atoms with van der Waals surface area (Å²) >= 11 is 0. The predicted molar refractivity (Wildman–Crippen MR) is 154 cm³/mol. The van der Waals surface area contributed by atoms with Gasteiger partial charge in [0.25, 0.3) is 5.91 Å². The highest BCUT2D eigenvalue weighted by atomic mass is 16.2. The Kier molecular flexibility index (Phi) is 11.1. The average Bonchev–Trinajstić information content (AvgIpc) is 2.80. The molecule has 0 spiro atoms. The Morgan fingerprint density at radius 2 is 1.63 bits per heavy atom. The number of nitrogens with one attached hydrogen (secondary N) is 1. The van der Waals surface area contributed by atoms with Crippen molar-refractivity contribution >= 4 is 17.7 Å². The lowest BCUT2D eigenvalue weighted by molar-refractivity contribution is -0.139. The van der Waals surface area contributed by atoms with Crippen LogP contribution in [0.5, 0.6) is 0 Å². The van der Waals surface area contributed by atoms with Crippen LogP contribution in [0.1, 0.15) is 85.8 Å². The van der Waals surface area contributed by atoms with E-state index in [9.17, 15) is 14.4 Å². The quantitative estimate of drug-likeness (QED) is 0.424. The molecule has 7 nitrogen and oxygen atoms in total. The molecule has 1 aliphatic rings. The minimum atomic E-state index is -0.568. The second-order valence-corrected chi connectivity index (χ2v) is 12.4. The van der Waals surface area contributed by atoms with Crippen LogP contribution in [0.2, 0.25) is 0 Å². The predicted octanol–water partition coefficient (Wildman–Crippen LogP) is 4.71. The summed E-state index contributed by atoms with van der Waals surface area (Å²) in [6.45, 7) is 18.2.